The Balaban J connectivity index is 1.93. The van der Waals surface area contributed by atoms with Gasteiger partial charge in [0.05, 0.1) is 12.5 Å². The van der Waals surface area contributed by atoms with Crippen molar-refractivity contribution in [1.29, 1.82) is 0 Å². The number of rotatable bonds is 3. The molecule has 1 aromatic carbocycles. The summed E-state index contributed by atoms with van der Waals surface area (Å²) in [4.78, 5) is 26.9. The minimum atomic E-state index is -0.642. The van der Waals surface area contributed by atoms with Crippen molar-refractivity contribution in [3.05, 3.63) is 54.6 Å². The van der Waals surface area contributed by atoms with Gasteiger partial charge in [-0.05, 0) is 30.9 Å². The molecular formula is C19H21NO3. The Morgan fingerprint density at radius 3 is 2.74 bits per heavy atom. The molecule has 1 saturated heterocycles. The lowest BCUT2D eigenvalue weighted by molar-refractivity contribution is -0.144. The molecule has 1 spiro atoms. The molecule has 120 valence electrons. The van der Waals surface area contributed by atoms with E-state index in [1.165, 1.54) is 7.11 Å². The van der Waals surface area contributed by atoms with Gasteiger partial charge in [0.15, 0.2) is 0 Å². The third-order valence-electron chi connectivity index (χ3n) is 4.88. The molecule has 0 N–H and O–H groups in total. The maximum Gasteiger partial charge on any atom is 0.305 e. The Kier molecular flexibility index (Phi) is 4.33. The van der Waals surface area contributed by atoms with E-state index < -0.39 is 5.41 Å². The van der Waals surface area contributed by atoms with Gasteiger partial charge in [0, 0.05) is 18.7 Å². The van der Waals surface area contributed by atoms with Crippen LogP contribution in [0.25, 0.3) is 0 Å². The van der Waals surface area contributed by atoms with Crippen LogP contribution in [0.4, 0.5) is 5.69 Å². The first-order valence-corrected chi connectivity index (χ1v) is 7.95. The number of anilines is 1. The summed E-state index contributed by atoms with van der Waals surface area (Å²) in [5, 5.41) is 0. The molecule has 1 amide bonds. The SMILES string of the molecule is COC(=O)C[C@@H]1CCN(c2ccccc2)C(=O)[C@@]12C=CC=CC2. The second-order valence-electron chi connectivity index (χ2n) is 6.09. The highest BCUT2D eigenvalue weighted by atomic mass is 16.5. The summed E-state index contributed by atoms with van der Waals surface area (Å²) in [6, 6.07) is 9.72. The normalized spacial score (nSPS) is 26.6. The molecule has 1 aromatic rings. The van der Waals surface area contributed by atoms with Crippen molar-refractivity contribution in [3.8, 4) is 0 Å². The lowest BCUT2D eigenvalue weighted by atomic mass is 9.65. The van der Waals surface area contributed by atoms with E-state index in [4.69, 9.17) is 4.74 Å². The number of benzene rings is 1. The van der Waals surface area contributed by atoms with Crippen molar-refractivity contribution in [3.63, 3.8) is 0 Å². The zero-order chi connectivity index (χ0) is 16.3. The molecule has 1 fully saturated rings. The second-order valence-corrected chi connectivity index (χ2v) is 6.09. The van der Waals surface area contributed by atoms with E-state index in [1.807, 2.05) is 59.5 Å². The van der Waals surface area contributed by atoms with Crippen LogP contribution in [0.1, 0.15) is 19.3 Å². The molecule has 0 unspecified atom stereocenters. The van der Waals surface area contributed by atoms with Crippen molar-refractivity contribution in [2.45, 2.75) is 19.3 Å². The third-order valence-corrected chi connectivity index (χ3v) is 4.88. The molecule has 0 bridgehead atoms. The number of para-hydroxylation sites is 1. The van der Waals surface area contributed by atoms with Crippen LogP contribution in [0.15, 0.2) is 54.6 Å². The number of ether oxygens (including phenoxy) is 1. The molecule has 3 rings (SSSR count). The van der Waals surface area contributed by atoms with Crippen LogP contribution < -0.4 is 4.90 Å². The van der Waals surface area contributed by atoms with Gasteiger partial charge in [-0.25, -0.2) is 0 Å². The number of methoxy groups -OCH3 is 1. The highest BCUT2D eigenvalue weighted by Crippen LogP contribution is 2.45. The number of hydrogen-bond donors (Lipinski definition) is 0. The molecule has 0 radical (unpaired) electrons. The van der Waals surface area contributed by atoms with Crippen LogP contribution in [0.5, 0.6) is 0 Å². The average molecular weight is 311 g/mol. The summed E-state index contributed by atoms with van der Waals surface area (Å²) >= 11 is 0. The van der Waals surface area contributed by atoms with E-state index in [-0.39, 0.29) is 24.2 Å². The standard InChI is InChI=1S/C19H21NO3/c1-23-17(21)14-15-10-13-20(16-8-4-2-5-9-16)18(22)19(15)11-6-3-7-12-19/h2-9,11,15H,10,12-14H2,1H3/t15-,19+/m0/s1. The predicted octanol–water partition coefficient (Wildman–Crippen LogP) is 3.11. The van der Waals surface area contributed by atoms with E-state index in [0.717, 1.165) is 12.1 Å². The molecule has 2 aliphatic rings. The average Bonchev–Trinajstić information content (AvgIpc) is 2.61. The Hall–Kier alpha value is -2.36. The van der Waals surface area contributed by atoms with E-state index >= 15 is 0 Å². The van der Waals surface area contributed by atoms with Crippen molar-refractivity contribution >= 4 is 17.6 Å². The van der Waals surface area contributed by atoms with Gasteiger partial charge < -0.3 is 9.64 Å². The third kappa shape index (κ3) is 2.81. The van der Waals surface area contributed by atoms with Gasteiger partial charge in [-0.2, -0.15) is 0 Å². The zero-order valence-corrected chi connectivity index (χ0v) is 13.3. The molecule has 1 heterocycles. The number of amides is 1. The van der Waals surface area contributed by atoms with Crippen LogP contribution in [-0.2, 0) is 14.3 Å². The van der Waals surface area contributed by atoms with E-state index in [2.05, 4.69) is 0 Å². The van der Waals surface area contributed by atoms with Gasteiger partial charge in [-0.1, -0.05) is 42.5 Å². The fraction of sp³-hybridized carbons (Fsp3) is 0.368. The second kappa shape index (κ2) is 6.41. The Bertz CT molecular complexity index is 650. The largest absolute Gasteiger partial charge is 0.469 e. The van der Waals surface area contributed by atoms with Crippen molar-refractivity contribution in [2.75, 3.05) is 18.6 Å². The van der Waals surface area contributed by atoms with Crippen LogP contribution in [0.3, 0.4) is 0 Å². The molecule has 23 heavy (non-hydrogen) atoms. The van der Waals surface area contributed by atoms with Crippen molar-refractivity contribution in [1.82, 2.24) is 0 Å². The summed E-state index contributed by atoms with van der Waals surface area (Å²) in [7, 11) is 1.40. The number of hydrogen-bond acceptors (Lipinski definition) is 3. The number of carbonyl (C=O) groups excluding carboxylic acids is 2. The molecular weight excluding hydrogens is 290 g/mol. The van der Waals surface area contributed by atoms with Gasteiger partial charge in [0.2, 0.25) is 5.91 Å². The Morgan fingerprint density at radius 2 is 2.09 bits per heavy atom. The first-order valence-electron chi connectivity index (χ1n) is 7.95. The number of nitrogens with zero attached hydrogens (tertiary/aromatic N) is 1. The van der Waals surface area contributed by atoms with Gasteiger partial charge in [0.1, 0.15) is 0 Å². The Labute approximate surface area is 136 Å². The van der Waals surface area contributed by atoms with Crippen molar-refractivity contribution in [2.24, 2.45) is 11.3 Å². The predicted molar refractivity (Wildman–Crippen MR) is 88.9 cm³/mol. The minimum absolute atomic E-state index is 0.0244. The number of piperidine rings is 1. The van der Waals surface area contributed by atoms with Crippen LogP contribution >= 0.6 is 0 Å². The fourth-order valence-corrected chi connectivity index (χ4v) is 3.59. The quantitative estimate of drug-likeness (QED) is 0.806. The lowest BCUT2D eigenvalue weighted by Crippen LogP contribution is -2.53. The van der Waals surface area contributed by atoms with Gasteiger partial charge in [0.25, 0.3) is 0 Å². The zero-order valence-electron chi connectivity index (χ0n) is 13.3. The molecule has 0 saturated carbocycles. The topological polar surface area (TPSA) is 46.6 Å². The van der Waals surface area contributed by atoms with Crippen LogP contribution in [0.2, 0.25) is 0 Å². The molecule has 0 aromatic heterocycles. The fourth-order valence-electron chi connectivity index (χ4n) is 3.59. The number of allylic oxidation sites excluding steroid dienone is 3. The van der Waals surface area contributed by atoms with Crippen molar-refractivity contribution < 1.29 is 14.3 Å². The molecule has 1 aliphatic carbocycles. The van der Waals surface area contributed by atoms with E-state index in [0.29, 0.717) is 13.0 Å². The maximum absolute atomic E-state index is 13.3. The summed E-state index contributed by atoms with van der Waals surface area (Å²) < 4.78 is 4.83. The minimum Gasteiger partial charge on any atom is -0.469 e. The highest BCUT2D eigenvalue weighted by molar-refractivity contribution is 6.00. The number of carbonyl (C=O) groups is 2. The van der Waals surface area contributed by atoms with Crippen LogP contribution in [-0.4, -0.2) is 25.5 Å². The molecule has 1 aliphatic heterocycles. The summed E-state index contributed by atoms with van der Waals surface area (Å²) in [5.74, 6) is -0.202. The van der Waals surface area contributed by atoms with Gasteiger partial charge in [-0.15, -0.1) is 0 Å². The first kappa shape index (κ1) is 15.5. The maximum atomic E-state index is 13.3. The summed E-state index contributed by atoms with van der Waals surface area (Å²) in [6.45, 7) is 0.629. The van der Waals surface area contributed by atoms with Gasteiger partial charge in [-0.3, -0.25) is 9.59 Å². The van der Waals surface area contributed by atoms with Gasteiger partial charge >= 0.3 is 5.97 Å². The monoisotopic (exact) mass is 311 g/mol. The van der Waals surface area contributed by atoms with Crippen LogP contribution in [0, 0.1) is 11.3 Å². The van der Waals surface area contributed by atoms with E-state index in [1.54, 1.807) is 0 Å². The molecule has 4 nitrogen and oxygen atoms in total. The molecule has 2 atom stereocenters. The summed E-state index contributed by atoms with van der Waals surface area (Å²) in [5.41, 5.74) is 0.271. The highest BCUT2D eigenvalue weighted by Gasteiger charge is 2.49. The molecule has 4 heteroatoms. The lowest BCUT2D eigenvalue weighted by Gasteiger charge is -2.45. The summed E-state index contributed by atoms with van der Waals surface area (Å²) in [6.07, 6.45) is 9.55. The number of esters is 1. The first-order chi connectivity index (χ1) is 11.2. The van der Waals surface area contributed by atoms with E-state index in [9.17, 15) is 9.59 Å². The smallest absolute Gasteiger partial charge is 0.305 e. The Morgan fingerprint density at radius 1 is 1.30 bits per heavy atom.